The van der Waals surface area contributed by atoms with E-state index in [1.54, 1.807) is 19.1 Å². The van der Waals surface area contributed by atoms with Gasteiger partial charge in [0.25, 0.3) is 5.91 Å². The number of benzene rings is 2. The van der Waals surface area contributed by atoms with Crippen LogP contribution in [0.5, 0.6) is 11.5 Å². The molecule has 0 saturated heterocycles. The van der Waals surface area contributed by atoms with Crippen LogP contribution in [0.1, 0.15) is 38.7 Å². The third kappa shape index (κ3) is 7.43. The molecule has 0 heterocycles. The van der Waals surface area contributed by atoms with Gasteiger partial charge < -0.3 is 19.7 Å². The van der Waals surface area contributed by atoms with Crippen LogP contribution in [0, 0.1) is 15.9 Å². The van der Waals surface area contributed by atoms with Crippen molar-refractivity contribution in [3.05, 3.63) is 64.0 Å². The maximum Gasteiger partial charge on any atom is 0.311 e. The highest BCUT2D eigenvalue weighted by Gasteiger charge is 2.29. The van der Waals surface area contributed by atoms with Crippen LogP contribution in [0.25, 0.3) is 0 Å². The first-order chi connectivity index (χ1) is 16.3. The molecule has 10 heteroatoms. The van der Waals surface area contributed by atoms with E-state index in [-0.39, 0.29) is 29.6 Å². The van der Waals surface area contributed by atoms with E-state index in [1.165, 1.54) is 42.3 Å². The van der Waals surface area contributed by atoms with Gasteiger partial charge in [0.2, 0.25) is 11.7 Å². The fourth-order valence-corrected chi connectivity index (χ4v) is 3.34. The lowest BCUT2D eigenvalue weighted by molar-refractivity contribution is -0.385. The van der Waals surface area contributed by atoms with Gasteiger partial charge in [-0.1, -0.05) is 32.4 Å². The standard InChI is InChI=1S/C24H30FN3O6/c1-4-6-13-26-24(30)20(5-2)27(15-17-7-9-18(25)10-8-17)23(29)16-34-19-11-12-21(28(31)32)22(14-19)33-3/h7-12,14,20H,4-6,13,15-16H2,1-3H3,(H,26,30). The van der Waals surface area contributed by atoms with Crippen LogP contribution in [0.3, 0.4) is 0 Å². The normalized spacial score (nSPS) is 11.4. The molecule has 0 aliphatic heterocycles. The Balaban J connectivity index is 2.21. The van der Waals surface area contributed by atoms with Crippen LogP contribution in [0.4, 0.5) is 10.1 Å². The fraction of sp³-hybridized carbons (Fsp3) is 0.417. The Bertz CT molecular complexity index is 983. The summed E-state index contributed by atoms with van der Waals surface area (Å²) in [5.41, 5.74) is 0.431. The first kappa shape index (κ1) is 26.6. The zero-order valence-electron chi connectivity index (χ0n) is 19.6. The zero-order valence-corrected chi connectivity index (χ0v) is 19.6. The van der Waals surface area contributed by atoms with Crippen LogP contribution < -0.4 is 14.8 Å². The molecule has 0 aliphatic carbocycles. The Kier molecular flexibility index (Phi) is 10.3. The molecule has 2 amide bonds. The number of nitrogens with one attached hydrogen (secondary N) is 1. The molecule has 2 rings (SSSR count). The molecule has 0 spiro atoms. The number of carbonyl (C=O) groups is 2. The molecule has 1 N–H and O–H groups in total. The largest absolute Gasteiger partial charge is 0.490 e. The van der Waals surface area contributed by atoms with Gasteiger partial charge in [-0.2, -0.15) is 0 Å². The van der Waals surface area contributed by atoms with Crippen molar-refractivity contribution in [3.63, 3.8) is 0 Å². The first-order valence-electron chi connectivity index (χ1n) is 11.1. The van der Waals surface area contributed by atoms with Crippen molar-refractivity contribution >= 4 is 17.5 Å². The van der Waals surface area contributed by atoms with Gasteiger partial charge >= 0.3 is 5.69 Å². The van der Waals surface area contributed by atoms with Crippen molar-refractivity contribution in [2.45, 2.75) is 45.7 Å². The highest BCUT2D eigenvalue weighted by atomic mass is 19.1. The molecule has 1 unspecified atom stereocenters. The van der Waals surface area contributed by atoms with Gasteiger partial charge in [0, 0.05) is 25.2 Å². The molecule has 0 radical (unpaired) electrons. The maximum atomic E-state index is 13.3. The Hall–Kier alpha value is -3.69. The average molecular weight is 476 g/mol. The maximum absolute atomic E-state index is 13.3. The molecule has 184 valence electrons. The number of methoxy groups -OCH3 is 1. The van der Waals surface area contributed by atoms with Gasteiger partial charge in [0.05, 0.1) is 12.0 Å². The molecule has 0 fully saturated rings. The van der Waals surface area contributed by atoms with E-state index in [1.807, 2.05) is 6.92 Å². The molecule has 0 aliphatic rings. The van der Waals surface area contributed by atoms with Gasteiger partial charge in [-0.15, -0.1) is 0 Å². The molecule has 9 nitrogen and oxygen atoms in total. The van der Waals surface area contributed by atoms with Gasteiger partial charge in [0.15, 0.2) is 6.61 Å². The number of nitro benzene ring substituents is 1. The van der Waals surface area contributed by atoms with Gasteiger partial charge in [-0.05, 0) is 36.6 Å². The lowest BCUT2D eigenvalue weighted by Crippen LogP contribution is -2.50. The topological polar surface area (TPSA) is 111 Å². The summed E-state index contributed by atoms with van der Waals surface area (Å²) in [6.45, 7) is 4.01. The van der Waals surface area contributed by atoms with Crippen LogP contribution >= 0.6 is 0 Å². The molecular formula is C24H30FN3O6. The SMILES string of the molecule is CCCCNC(=O)C(CC)N(Cc1ccc(F)cc1)C(=O)COc1ccc([N+](=O)[O-])c(OC)c1. The number of ether oxygens (including phenoxy) is 2. The summed E-state index contributed by atoms with van der Waals surface area (Å²) in [7, 11) is 1.30. The van der Waals surface area contributed by atoms with Crippen molar-refractivity contribution in [2.75, 3.05) is 20.3 Å². The van der Waals surface area contributed by atoms with Crippen molar-refractivity contribution in [3.8, 4) is 11.5 Å². The quantitative estimate of drug-likeness (QED) is 0.268. The number of halogens is 1. The summed E-state index contributed by atoms with van der Waals surface area (Å²) in [6.07, 6.45) is 2.11. The Morgan fingerprint density at radius 1 is 1.18 bits per heavy atom. The summed E-state index contributed by atoms with van der Waals surface area (Å²) in [4.78, 5) is 37.9. The number of unbranched alkanes of at least 4 members (excludes halogenated alkanes) is 1. The minimum atomic E-state index is -0.746. The molecule has 0 saturated carbocycles. The van der Waals surface area contributed by atoms with E-state index in [4.69, 9.17) is 9.47 Å². The molecule has 0 aromatic heterocycles. The summed E-state index contributed by atoms with van der Waals surface area (Å²) < 4.78 is 23.9. The van der Waals surface area contributed by atoms with Crippen molar-refractivity contribution < 1.29 is 28.4 Å². The average Bonchev–Trinajstić information content (AvgIpc) is 2.83. The highest BCUT2D eigenvalue weighted by Crippen LogP contribution is 2.30. The number of nitrogens with zero attached hydrogens (tertiary/aromatic N) is 2. The lowest BCUT2D eigenvalue weighted by atomic mass is 10.1. The van der Waals surface area contributed by atoms with Crippen molar-refractivity contribution in [2.24, 2.45) is 0 Å². The summed E-state index contributed by atoms with van der Waals surface area (Å²) in [5.74, 6) is -0.929. The molecule has 1 atom stereocenters. The minimum Gasteiger partial charge on any atom is -0.490 e. The number of hydrogen-bond acceptors (Lipinski definition) is 6. The third-order valence-electron chi connectivity index (χ3n) is 5.19. The Morgan fingerprint density at radius 2 is 1.88 bits per heavy atom. The van der Waals surface area contributed by atoms with Crippen molar-refractivity contribution in [1.29, 1.82) is 0 Å². The molecular weight excluding hydrogens is 445 g/mol. The second-order valence-electron chi connectivity index (χ2n) is 7.60. The fourth-order valence-electron chi connectivity index (χ4n) is 3.34. The van der Waals surface area contributed by atoms with Crippen LogP contribution in [-0.4, -0.2) is 47.9 Å². The van der Waals surface area contributed by atoms with E-state index < -0.39 is 29.3 Å². The number of hydrogen-bond donors (Lipinski definition) is 1. The van der Waals surface area contributed by atoms with Gasteiger partial charge in [-0.3, -0.25) is 19.7 Å². The van der Waals surface area contributed by atoms with Crippen molar-refractivity contribution in [1.82, 2.24) is 10.2 Å². The molecule has 2 aromatic carbocycles. The molecule has 34 heavy (non-hydrogen) atoms. The summed E-state index contributed by atoms with van der Waals surface area (Å²) >= 11 is 0. The van der Waals surface area contributed by atoms with Crippen LogP contribution in [-0.2, 0) is 16.1 Å². The summed E-state index contributed by atoms with van der Waals surface area (Å²) in [6, 6.07) is 8.87. The monoisotopic (exact) mass is 475 g/mol. The number of nitro groups is 1. The third-order valence-corrected chi connectivity index (χ3v) is 5.19. The number of carbonyl (C=O) groups excluding carboxylic acids is 2. The Labute approximate surface area is 198 Å². The van der Waals surface area contributed by atoms with E-state index in [0.29, 0.717) is 18.5 Å². The van der Waals surface area contributed by atoms with E-state index in [0.717, 1.165) is 12.8 Å². The Morgan fingerprint density at radius 3 is 2.47 bits per heavy atom. The number of amides is 2. The smallest absolute Gasteiger partial charge is 0.311 e. The predicted octanol–water partition coefficient (Wildman–Crippen LogP) is 3.85. The zero-order chi connectivity index (χ0) is 25.1. The van der Waals surface area contributed by atoms with E-state index >= 15 is 0 Å². The van der Waals surface area contributed by atoms with E-state index in [2.05, 4.69) is 5.32 Å². The van der Waals surface area contributed by atoms with Gasteiger partial charge in [-0.25, -0.2) is 4.39 Å². The number of rotatable bonds is 13. The highest BCUT2D eigenvalue weighted by molar-refractivity contribution is 5.88. The summed E-state index contributed by atoms with van der Waals surface area (Å²) in [5, 5.41) is 13.9. The van der Waals surface area contributed by atoms with Crippen LogP contribution in [0.15, 0.2) is 42.5 Å². The van der Waals surface area contributed by atoms with Crippen LogP contribution in [0.2, 0.25) is 0 Å². The lowest BCUT2D eigenvalue weighted by Gasteiger charge is -2.30. The molecule has 2 aromatic rings. The van der Waals surface area contributed by atoms with Gasteiger partial charge in [0.1, 0.15) is 17.6 Å². The predicted molar refractivity (Wildman–Crippen MR) is 124 cm³/mol. The minimum absolute atomic E-state index is 0.000135. The van der Waals surface area contributed by atoms with E-state index in [9.17, 15) is 24.1 Å². The first-order valence-corrected chi connectivity index (χ1v) is 11.1. The second-order valence-corrected chi connectivity index (χ2v) is 7.60. The molecule has 0 bridgehead atoms. The second kappa shape index (κ2) is 13.1.